The molecule has 1 atom stereocenters. The highest BCUT2D eigenvalue weighted by Crippen LogP contribution is 2.01. The van der Waals surface area contributed by atoms with Crippen molar-refractivity contribution < 1.29 is 4.79 Å². The third-order valence-electron chi connectivity index (χ3n) is 1.92. The molecule has 6 N–H and O–H groups in total. The maximum atomic E-state index is 10.2. The van der Waals surface area contributed by atoms with Gasteiger partial charge in [-0.3, -0.25) is 0 Å². The number of carbonyl (C=O) groups is 1. The van der Waals surface area contributed by atoms with Gasteiger partial charge in [0.05, 0.1) is 6.04 Å². The van der Waals surface area contributed by atoms with Crippen LogP contribution >= 0.6 is 0 Å². The summed E-state index contributed by atoms with van der Waals surface area (Å²) in [4.78, 5) is 14.1. The monoisotopic (exact) mass is 212 g/mol. The molecule has 7 heteroatoms. The van der Waals surface area contributed by atoms with Crippen molar-refractivity contribution in [2.45, 2.75) is 25.3 Å². The van der Waals surface area contributed by atoms with Crippen molar-refractivity contribution >= 4 is 18.2 Å². The molecular weight excluding hydrogens is 196 g/mol. The van der Waals surface area contributed by atoms with Crippen LogP contribution in [0.5, 0.6) is 0 Å². The van der Waals surface area contributed by atoms with Crippen LogP contribution < -0.4 is 16.8 Å². The molecule has 1 rings (SSSR count). The second-order valence-corrected chi connectivity index (χ2v) is 3.27. The lowest BCUT2D eigenvalue weighted by molar-refractivity contribution is -0.109. The van der Waals surface area contributed by atoms with E-state index in [1.807, 2.05) is 0 Å². The third-order valence-corrected chi connectivity index (χ3v) is 1.92. The fourth-order valence-electron chi connectivity index (χ4n) is 1.13. The maximum absolute atomic E-state index is 10.2. The topological polar surface area (TPSA) is 123 Å². The molecule has 0 unspecified atom stereocenters. The van der Waals surface area contributed by atoms with Crippen molar-refractivity contribution in [2.24, 2.45) is 5.73 Å². The molecule has 7 nitrogen and oxygen atoms in total. The number of aromatic amines is 1. The number of nitrogens with zero attached hydrogens (tertiary/aromatic N) is 2. The number of aromatic nitrogens is 3. The van der Waals surface area contributed by atoms with Crippen molar-refractivity contribution in [1.82, 2.24) is 15.2 Å². The second-order valence-electron chi connectivity index (χ2n) is 3.27. The zero-order valence-corrected chi connectivity index (χ0v) is 8.44. The molecule has 84 valence electrons. The quantitative estimate of drug-likeness (QED) is 0.357. The van der Waals surface area contributed by atoms with E-state index in [9.17, 15) is 4.79 Å². The molecule has 0 aliphatic rings. The van der Waals surface area contributed by atoms with Crippen LogP contribution in [0.15, 0.2) is 0 Å². The molecule has 0 saturated heterocycles. The Labute approximate surface area is 87.6 Å². The number of rotatable bonds is 7. The van der Waals surface area contributed by atoms with E-state index in [1.54, 1.807) is 0 Å². The number of nitrogens with two attached hydrogens (primary N) is 2. The van der Waals surface area contributed by atoms with Gasteiger partial charge in [0.1, 0.15) is 6.29 Å². The summed E-state index contributed by atoms with van der Waals surface area (Å²) in [7, 11) is 0. The van der Waals surface area contributed by atoms with Crippen molar-refractivity contribution in [2.75, 3.05) is 17.6 Å². The van der Waals surface area contributed by atoms with E-state index < -0.39 is 0 Å². The number of aldehydes is 1. The Bertz CT molecular complexity index is 299. The molecule has 0 fully saturated rings. The minimum absolute atomic E-state index is 0.292. The lowest BCUT2D eigenvalue weighted by atomic mass is 10.1. The van der Waals surface area contributed by atoms with Gasteiger partial charge >= 0.3 is 0 Å². The third kappa shape index (κ3) is 4.41. The Hall–Kier alpha value is -1.63. The smallest absolute Gasteiger partial charge is 0.243 e. The molecule has 0 aromatic carbocycles. The normalized spacial score (nSPS) is 12.3. The summed E-state index contributed by atoms with van der Waals surface area (Å²) >= 11 is 0. The summed E-state index contributed by atoms with van der Waals surface area (Å²) < 4.78 is 0. The number of nitrogen functional groups attached to an aromatic ring is 1. The molecule has 1 aromatic heterocycles. The van der Waals surface area contributed by atoms with Crippen LogP contribution in [0.25, 0.3) is 0 Å². The average molecular weight is 212 g/mol. The molecule has 0 amide bonds. The molecule has 1 aromatic rings. The zero-order valence-electron chi connectivity index (χ0n) is 8.44. The number of carbonyl (C=O) groups excluding carboxylic acids is 1. The lowest BCUT2D eigenvalue weighted by Crippen LogP contribution is -2.21. The zero-order chi connectivity index (χ0) is 11.1. The van der Waals surface area contributed by atoms with Crippen molar-refractivity contribution in [3.05, 3.63) is 0 Å². The molecule has 0 saturated carbocycles. The first kappa shape index (κ1) is 11.4. The predicted octanol–water partition coefficient (Wildman–Crippen LogP) is -0.505. The van der Waals surface area contributed by atoms with Crippen LogP contribution in [0.3, 0.4) is 0 Å². The van der Waals surface area contributed by atoms with Crippen LogP contribution in [0.2, 0.25) is 0 Å². The van der Waals surface area contributed by atoms with Gasteiger partial charge in [0.2, 0.25) is 11.9 Å². The fraction of sp³-hybridized carbons (Fsp3) is 0.625. The van der Waals surface area contributed by atoms with E-state index in [0.717, 1.165) is 25.7 Å². The largest absolute Gasteiger partial charge is 0.368 e. The van der Waals surface area contributed by atoms with Crippen LogP contribution in [-0.2, 0) is 4.79 Å². The van der Waals surface area contributed by atoms with Gasteiger partial charge in [-0.05, 0) is 19.3 Å². The number of hydrogen-bond donors (Lipinski definition) is 4. The van der Waals surface area contributed by atoms with Gasteiger partial charge in [0.25, 0.3) is 0 Å². The Morgan fingerprint density at radius 1 is 1.53 bits per heavy atom. The van der Waals surface area contributed by atoms with Crippen molar-refractivity contribution in [3.63, 3.8) is 0 Å². The Balaban J connectivity index is 2.04. The van der Waals surface area contributed by atoms with Gasteiger partial charge in [-0.2, -0.15) is 4.98 Å². The lowest BCUT2D eigenvalue weighted by Gasteiger charge is -2.03. The summed E-state index contributed by atoms with van der Waals surface area (Å²) in [6, 6.07) is -0.343. The van der Waals surface area contributed by atoms with E-state index in [-0.39, 0.29) is 6.04 Å². The van der Waals surface area contributed by atoms with Gasteiger partial charge in [-0.15, -0.1) is 5.10 Å². The Morgan fingerprint density at radius 2 is 2.33 bits per heavy atom. The van der Waals surface area contributed by atoms with Crippen LogP contribution in [0.4, 0.5) is 11.9 Å². The average Bonchev–Trinajstić information content (AvgIpc) is 2.63. The highest BCUT2D eigenvalue weighted by molar-refractivity contribution is 5.56. The number of unbranched alkanes of at least 4 members (excludes halogenated alkanes) is 1. The van der Waals surface area contributed by atoms with E-state index >= 15 is 0 Å². The Kier molecular flexibility index (Phi) is 4.55. The molecule has 15 heavy (non-hydrogen) atoms. The van der Waals surface area contributed by atoms with E-state index in [2.05, 4.69) is 20.5 Å². The first-order chi connectivity index (χ1) is 7.22. The van der Waals surface area contributed by atoms with Crippen molar-refractivity contribution in [1.29, 1.82) is 0 Å². The minimum atomic E-state index is -0.343. The number of hydrogen-bond acceptors (Lipinski definition) is 6. The highest BCUT2D eigenvalue weighted by Gasteiger charge is 2.00. The molecule has 1 heterocycles. The number of H-pyrrole nitrogens is 1. The first-order valence-corrected chi connectivity index (χ1v) is 4.85. The molecule has 0 aliphatic carbocycles. The van der Waals surface area contributed by atoms with Crippen LogP contribution in [-0.4, -0.2) is 34.1 Å². The molecule has 0 radical (unpaired) electrons. The van der Waals surface area contributed by atoms with Gasteiger partial charge in [-0.25, -0.2) is 5.10 Å². The van der Waals surface area contributed by atoms with Gasteiger partial charge in [0, 0.05) is 6.54 Å². The second kappa shape index (κ2) is 5.97. The maximum Gasteiger partial charge on any atom is 0.243 e. The number of nitrogens with one attached hydrogen (secondary N) is 2. The van der Waals surface area contributed by atoms with E-state index in [1.165, 1.54) is 0 Å². The SMILES string of the molecule is Nc1nc(NCCCC[C@H](N)C=O)n[nH]1. The summed E-state index contributed by atoms with van der Waals surface area (Å²) in [6.07, 6.45) is 3.29. The van der Waals surface area contributed by atoms with Gasteiger partial charge < -0.3 is 21.6 Å². The van der Waals surface area contributed by atoms with Crippen LogP contribution in [0, 0.1) is 0 Å². The standard InChI is InChI=1S/C8H16N6O/c9-6(5-15)3-1-2-4-11-8-12-7(10)13-14-8/h5-6H,1-4,9H2,(H4,10,11,12,13,14)/t6-/m0/s1. The van der Waals surface area contributed by atoms with E-state index in [0.29, 0.717) is 18.3 Å². The molecular formula is C8H16N6O. The van der Waals surface area contributed by atoms with Crippen LogP contribution in [0.1, 0.15) is 19.3 Å². The summed E-state index contributed by atoms with van der Waals surface area (Å²) in [5, 5.41) is 9.33. The number of anilines is 2. The molecule has 0 spiro atoms. The van der Waals surface area contributed by atoms with E-state index in [4.69, 9.17) is 11.5 Å². The molecule has 0 bridgehead atoms. The van der Waals surface area contributed by atoms with Crippen molar-refractivity contribution in [3.8, 4) is 0 Å². The predicted molar refractivity (Wildman–Crippen MR) is 57.2 cm³/mol. The highest BCUT2D eigenvalue weighted by atomic mass is 16.1. The first-order valence-electron chi connectivity index (χ1n) is 4.85. The van der Waals surface area contributed by atoms with Gasteiger partial charge in [-0.1, -0.05) is 0 Å². The summed E-state index contributed by atoms with van der Waals surface area (Å²) in [5.74, 6) is 0.785. The molecule has 0 aliphatic heterocycles. The Morgan fingerprint density at radius 3 is 2.93 bits per heavy atom. The summed E-state index contributed by atoms with van der Waals surface area (Å²) in [5.41, 5.74) is 10.8. The summed E-state index contributed by atoms with van der Waals surface area (Å²) in [6.45, 7) is 0.739. The van der Waals surface area contributed by atoms with Gasteiger partial charge in [0.15, 0.2) is 0 Å². The minimum Gasteiger partial charge on any atom is -0.368 e. The fourth-order valence-corrected chi connectivity index (χ4v) is 1.13.